The predicted octanol–water partition coefficient (Wildman–Crippen LogP) is 1.09. The van der Waals surface area contributed by atoms with Crippen LogP contribution < -0.4 is 5.32 Å². The largest absolute Gasteiger partial charge is 0.444 e. The molecule has 0 radical (unpaired) electrons. The quantitative estimate of drug-likeness (QED) is 0.807. The van der Waals surface area contributed by atoms with E-state index in [1.165, 1.54) is 0 Å². The van der Waals surface area contributed by atoms with Gasteiger partial charge in [-0.15, -0.1) is 0 Å². The third kappa shape index (κ3) is 4.16. The van der Waals surface area contributed by atoms with Crippen molar-refractivity contribution in [1.29, 1.82) is 0 Å². The molecule has 1 fully saturated rings. The molecule has 17 heavy (non-hydrogen) atoms. The second-order valence-corrected chi connectivity index (χ2v) is 5.53. The highest BCUT2D eigenvalue weighted by Crippen LogP contribution is 2.18. The van der Waals surface area contributed by atoms with Crippen LogP contribution in [0.5, 0.6) is 0 Å². The van der Waals surface area contributed by atoms with E-state index in [0.29, 0.717) is 12.5 Å². The lowest BCUT2D eigenvalue weighted by atomic mass is 10.0. The molecule has 1 N–H and O–H groups in total. The summed E-state index contributed by atoms with van der Waals surface area (Å²) in [6.07, 6.45) is -0.271. The Kier molecular flexibility index (Phi) is 4.77. The average Bonchev–Trinajstić information content (AvgIpc) is 2.62. The van der Waals surface area contributed by atoms with Gasteiger partial charge in [0.15, 0.2) is 0 Å². The maximum absolute atomic E-state index is 11.9. The highest BCUT2D eigenvalue weighted by Gasteiger charge is 2.34. The maximum Gasteiger partial charge on any atom is 0.410 e. The minimum absolute atomic E-state index is 0.143. The number of methoxy groups -OCH3 is 1. The van der Waals surface area contributed by atoms with E-state index in [4.69, 9.17) is 9.47 Å². The molecule has 0 saturated carbocycles. The van der Waals surface area contributed by atoms with E-state index in [1.54, 1.807) is 19.1 Å². The Hall–Kier alpha value is -0.810. The number of ether oxygens (including phenoxy) is 2. The zero-order valence-electron chi connectivity index (χ0n) is 11.4. The lowest BCUT2D eigenvalue weighted by Crippen LogP contribution is -2.45. The summed E-state index contributed by atoms with van der Waals surface area (Å²) in [4.78, 5) is 13.6. The molecule has 100 valence electrons. The summed E-state index contributed by atoms with van der Waals surface area (Å²) in [6.45, 7) is 7.95. The van der Waals surface area contributed by atoms with Gasteiger partial charge in [0.1, 0.15) is 5.60 Å². The highest BCUT2D eigenvalue weighted by atomic mass is 16.6. The van der Waals surface area contributed by atoms with Gasteiger partial charge >= 0.3 is 6.09 Å². The Balaban J connectivity index is 2.56. The molecule has 0 aromatic heterocycles. The van der Waals surface area contributed by atoms with Crippen LogP contribution in [0.3, 0.4) is 0 Å². The molecular weight excluding hydrogens is 220 g/mol. The standard InChI is InChI=1S/C12H24N2O3/c1-12(2,3)17-11(15)14(4)10-7-13-6-9(10)8-16-5/h9-10,13H,6-8H2,1-5H3/t9-,10+/m1/s1. The van der Waals surface area contributed by atoms with Crippen LogP contribution in [0.25, 0.3) is 0 Å². The number of nitrogens with zero attached hydrogens (tertiary/aromatic N) is 1. The molecule has 0 aliphatic carbocycles. The van der Waals surface area contributed by atoms with Crippen LogP contribution in [-0.4, -0.2) is 56.5 Å². The van der Waals surface area contributed by atoms with E-state index in [-0.39, 0.29) is 12.1 Å². The maximum atomic E-state index is 11.9. The van der Waals surface area contributed by atoms with Crippen molar-refractivity contribution in [2.75, 3.05) is 33.9 Å². The lowest BCUT2D eigenvalue weighted by molar-refractivity contribution is 0.0161. The molecule has 1 aliphatic heterocycles. The number of amides is 1. The summed E-state index contributed by atoms with van der Waals surface area (Å²) >= 11 is 0. The third-order valence-electron chi connectivity index (χ3n) is 2.86. The van der Waals surface area contributed by atoms with Crippen molar-refractivity contribution in [2.24, 2.45) is 5.92 Å². The first kappa shape index (κ1) is 14.3. The Morgan fingerprint density at radius 3 is 2.59 bits per heavy atom. The van der Waals surface area contributed by atoms with Crippen molar-refractivity contribution in [2.45, 2.75) is 32.4 Å². The van der Waals surface area contributed by atoms with E-state index < -0.39 is 5.60 Å². The first-order valence-electron chi connectivity index (χ1n) is 6.00. The Bertz CT molecular complexity index is 263. The lowest BCUT2D eigenvalue weighted by Gasteiger charge is -2.31. The first-order valence-corrected chi connectivity index (χ1v) is 6.00. The van der Waals surface area contributed by atoms with Crippen LogP contribution in [0.15, 0.2) is 0 Å². The fourth-order valence-corrected chi connectivity index (χ4v) is 2.03. The molecule has 0 aromatic rings. The number of hydrogen-bond acceptors (Lipinski definition) is 4. The average molecular weight is 244 g/mol. The molecule has 0 unspecified atom stereocenters. The normalized spacial score (nSPS) is 24.8. The van der Waals surface area contributed by atoms with Gasteiger partial charge in [0, 0.05) is 33.2 Å². The highest BCUT2D eigenvalue weighted by molar-refractivity contribution is 5.68. The fraction of sp³-hybridized carbons (Fsp3) is 0.917. The fourth-order valence-electron chi connectivity index (χ4n) is 2.03. The van der Waals surface area contributed by atoms with Crippen LogP contribution in [0.4, 0.5) is 4.79 Å². The van der Waals surface area contributed by atoms with Crippen LogP contribution >= 0.6 is 0 Å². The van der Waals surface area contributed by atoms with Crippen molar-refractivity contribution in [1.82, 2.24) is 10.2 Å². The van der Waals surface area contributed by atoms with Crippen LogP contribution in [0.1, 0.15) is 20.8 Å². The molecule has 1 saturated heterocycles. The zero-order chi connectivity index (χ0) is 13.1. The van der Waals surface area contributed by atoms with Crippen molar-refractivity contribution in [3.05, 3.63) is 0 Å². The molecule has 1 heterocycles. The number of carbonyl (C=O) groups excluding carboxylic acids is 1. The molecule has 5 heteroatoms. The molecule has 2 atom stereocenters. The van der Waals surface area contributed by atoms with E-state index >= 15 is 0 Å². The number of carbonyl (C=O) groups is 1. The van der Waals surface area contributed by atoms with E-state index in [1.807, 2.05) is 20.8 Å². The molecule has 1 amide bonds. The second-order valence-electron chi connectivity index (χ2n) is 5.53. The van der Waals surface area contributed by atoms with Gasteiger partial charge in [-0.05, 0) is 20.8 Å². The predicted molar refractivity (Wildman–Crippen MR) is 66.0 cm³/mol. The molecule has 1 aliphatic rings. The summed E-state index contributed by atoms with van der Waals surface area (Å²) in [5.41, 5.74) is -0.450. The van der Waals surface area contributed by atoms with Gasteiger partial charge in [0.25, 0.3) is 0 Å². The van der Waals surface area contributed by atoms with E-state index in [9.17, 15) is 4.79 Å². The van der Waals surface area contributed by atoms with Crippen LogP contribution in [-0.2, 0) is 9.47 Å². The van der Waals surface area contributed by atoms with Gasteiger partial charge in [-0.1, -0.05) is 0 Å². The third-order valence-corrected chi connectivity index (χ3v) is 2.86. The van der Waals surface area contributed by atoms with Crippen LogP contribution in [0.2, 0.25) is 0 Å². The molecular formula is C12H24N2O3. The second kappa shape index (κ2) is 5.69. The van der Waals surface area contributed by atoms with Crippen molar-refractivity contribution in [3.63, 3.8) is 0 Å². The monoisotopic (exact) mass is 244 g/mol. The number of likely N-dealkylation sites (N-methyl/N-ethyl adjacent to an activating group) is 1. The van der Waals surface area contributed by atoms with Gasteiger partial charge in [0.05, 0.1) is 12.6 Å². The van der Waals surface area contributed by atoms with E-state index in [2.05, 4.69) is 5.32 Å². The van der Waals surface area contributed by atoms with Crippen LogP contribution in [0, 0.1) is 5.92 Å². The van der Waals surface area contributed by atoms with Gasteiger partial charge in [-0.25, -0.2) is 4.79 Å². The Morgan fingerprint density at radius 2 is 2.06 bits per heavy atom. The van der Waals surface area contributed by atoms with E-state index in [0.717, 1.165) is 13.1 Å². The summed E-state index contributed by atoms with van der Waals surface area (Å²) in [6, 6.07) is 0.143. The summed E-state index contributed by atoms with van der Waals surface area (Å²) in [5, 5.41) is 3.28. The molecule has 5 nitrogen and oxygen atoms in total. The smallest absolute Gasteiger partial charge is 0.410 e. The van der Waals surface area contributed by atoms with Gasteiger partial charge < -0.3 is 19.7 Å². The number of rotatable bonds is 3. The Labute approximate surface area is 103 Å². The van der Waals surface area contributed by atoms with Gasteiger partial charge in [-0.2, -0.15) is 0 Å². The summed E-state index contributed by atoms with van der Waals surface area (Å²) in [7, 11) is 3.47. The van der Waals surface area contributed by atoms with Crippen molar-refractivity contribution in [3.8, 4) is 0 Å². The molecule has 0 aromatic carbocycles. The van der Waals surface area contributed by atoms with Crippen molar-refractivity contribution >= 4 is 6.09 Å². The topological polar surface area (TPSA) is 50.8 Å². The van der Waals surface area contributed by atoms with Gasteiger partial charge in [-0.3, -0.25) is 0 Å². The molecule has 0 bridgehead atoms. The van der Waals surface area contributed by atoms with Crippen molar-refractivity contribution < 1.29 is 14.3 Å². The molecule has 1 rings (SSSR count). The minimum Gasteiger partial charge on any atom is -0.444 e. The summed E-state index contributed by atoms with van der Waals surface area (Å²) in [5.74, 6) is 0.331. The zero-order valence-corrected chi connectivity index (χ0v) is 11.4. The summed E-state index contributed by atoms with van der Waals surface area (Å²) < 4.78 is 10.5. The number of hydrogen-bond donors (Lipinski definition) is 1. The first-order chi connectivity index (χ1) is 7.85. The van der Waals surface area contributed by atoms with Gasteiger partial charge in [0.2, 0.25) is 0 Å². The Morgan fingerprint density at radius 1 is 1.41 bits per heavy atom. The number of nitrogens with one attached hydrogen (secondary N) is 1. The SMILES string of the molecule is COC[C@H]1CNC[C@@H]1N(C)C(=O)OC(C)(C)C. The molecule has 0 spiro atoms. The minimum atomic E-state index is -0.450.